The molecule has 0 aliphatic carbocycles. The summed E-state index contributed by atoms with van der Waals surface area (Å²) in [7, 11) is 0. The van der Waals surface area contributed by atoms with Gasteiger partial charge in [0.05, 0.1) is 0 Å². The van der Waals surface area contributed by atoms with Crippen molar-refractivity contribution in [3.05, 3.63) is 134 Å². The average molecular weight is 1070 g/mol. The van der Waals surface area contributed by atoms with Crippen molar-refractivity contribution in [2.24, 2.45) is 0 Å². The van der Waals surface area contributed by atoms with E-state index in [4.69, 9.17) is 14.2 Å². The number of esters is 3. The number of hydrogen-bond acceptors (Lipinski definition) is 6. The Morgan fingerprint density at radius 2 is 0.519 bits per heavy atom. The molecular weight excluding hydrogens is 949 g/mol. The molecule has 0 heterocycles. The second-order valence-electron chi connectivity index (χ2n) is 20.6. The third-order valence-corrected chi connectivity index (χ3v) is 13.1. The van der Waals surface area contributed by atoms with E-state index in [2.05, 4.69) is 154 Å². The van der Waals surface area contributed by atoms with Gasteiger partial charge in [-0.05, 0) is 135 Å². The number of allylic oxidation sites excluding steroid dienone is 22. The highest BCUT2D eigenvalue weighted by Gasteiger charge is 2.19. The maximum Gasteiger partial charge on any atom is 0.306 e. The fraction of sp³-hybridized carbons (Fsp3) is 0.648. The molecule has 0 spiro atoms. The van der Waals surface area contributed by atoms with E-state index in [9.17, 15) is 14.4 Å². The zero-order valence-electron chi connectivity index (χ0n) is 49.9. The molecule has 0 aliphatic rings. The van der Waals surface area contributed by atoms with Crippen LogP contribution in [0.15, 0.2) is 134 Å². The van der Waals surface area contributed by atoms with Gasteiger partial charge in [0.2, 0.25) is 0 Å². The summed E-state index contributed by atoms with van der Waals surface area (Å²) in [6.07, 6.45) is 90.2. The highest BCUT2D eigenvalue weighted by atomic mass is 16.6. The van der Waals surface area contributed by atoms with Crippen LogP contribution in [0.1, 0.15) is 278 Å². The van der Waals surface area contributed by atoms with Crippen LogP contribution in [0.3, 0.4) is 0 Å². The van der Waals surface area contributed by atoms with Crippen molar-refractivity contribution in [1.29, 1.82) is 0 Å². The first-order valence-electron chi connectivity index (χ1n) is 31.7. The molecule has 436 valence electrons. The van der Waals surface area contributed by atoms with Crippen LogP contribution in [0.5, 0.6) is 0 Å². The van der Waals surface area contributed by atoms with E-state index in [1.807, 2.05) is 0 Å². The molecule has 0 amide bonds. The third-order valence-electron chi connectivity index (χ3n) is 13.1. The number of ether oxygens (including phenoxy) is 3. The summed E-state index contributed by atoms with van der Waals surface area (Å²) >= 11 is 0. The van der Waals surface area contributed by atoms with Crippen molar-refractivity contribution in [3.63, 3.8) is 0 Å². The average Bonchev–Trinajstić information content (AvgIpc) is 3.43. The van der Waals surface area contributed by atoms with Gasteiger partial charge in [-0.3, -0.25) is 14.4 Å². The van der Waals surface area contributed by atoms with Gasteiger partial charge in [-0.1, -0.05) is 257 Å². The van der Waals surface area contributed by atoms with Gasteiger partial charge in [-0.15, -0.1) is 0 Å². The summed E-state index contributed by atoms with van der Waals surface area (Å²) < 4.78 is 16.9. The zero-order chi connectivity index (χ0) is 55.7. The van der Waals surface area contributed by atoms with Gasteiger partial charge in [0.1, 0.15) is 13.2 Å². The monoisotopic (exact) mass is 1060 g/mol. The van der Waals surface area contributed by atoms with E-state index in [0.717, 1.165) is 116 Å². The van der Waals surface area contributed by atoms with E-state index in [1.165, 1.54) is 116 Å². The van der Waals surface area contributed by atoms with Crippen LogP contribution in [0.2, 0.25) is 0 Å². The SMILES string of the molecule is CC/C=C\C/C=C\C/C=C\C/C=C\C/C=C\C/C=C\C/C=C\CCCC(=O)OCC(COC(=O)CCCCCCCCC/C=C\C/C=C\CCCCCC)OC(=O)CCCCCCCCC/C=C\C/C=C\CCCCCC. The van der Waals surface area contributed by atoms with Crippen molar-refractivity contribution in [1.82, 2.24) is 0 Å². The molecule has 0 N–H and O–H groups in total. The molecule has 0 rings (SSSR count). The predicted molar refractivity (Wildman–Crippen MR) is 334 cm³/mol. The fourth-order valence-electron chi connectivity index (χ4n) is 8.37. The lowest BCUT2D eigenvalue weighted by Crippen LogP contribution is -2.30. The summed E-state index contributed by atoms with van der Waals surface area (Å²) in [6.45, 7) is 6.44. The topological polar surface area (TPSA) is 78.9 Å². The lowest BCUT2D eigenvalue weighted by molar-refractivity contribution is -0.167. The number of carbonyl (C=O) groups excluding carboxylic acids is 3. The predicted octanol–water partition coefficient (Wildman–Crippen LogP) is 21.8. The van der Waals surface area contributed by atoms with E-state index in [1.54, 1.807) is 0 Å². The van der Waals surface area contributed by atoms with Crippen LogP contribution in [0, 0.1) is 0 Å². The molecule has 1 unspecified atom stereocenters. The fourth-order valence-corrected chi connectivity index (χ4v) is 8.37. The summed E-state index contributed by atoms with van der Waals surface area (Å²) in [5, 5.41) is 0. The van der Waals surface area contributed by atoms with Crippen LogP contribution < -0.4 is 0 Å². The Bertz CT molecular complexity index is 1650. The molecule has 0 fully saturated rings. The lowest BCUT2D eigenvalue weighted by atomic mass is 10.1. The Balaban J connectivity index is 4.53. The van der Waals surface area contributed by atoms with Crippen LogP contribution in [-0.4, -0.2) is 37.2 Å². The van der Waals surface area contributed by atoms with Gasteiger partial charge in [-0.2, -0.15) is 0 Å². The lowest BCUT2D eigenvalue weighted by Gasteiger charge is -2.18. The molecule has 0 radical (unpaired) electrons. The number of unbranched alkanes of at least 4 members (excludes halogenated alkanes) is 23. The summed E-state index contributed by atoms with van der Waals surface area (Å²) in [4.78, 5) is 38.3. The smallest absolute Gasteiger partial charge is 0.306 e. The maximum atomic E-state index is 12.9. The molecule has 77 heavy (non-hydrogen) atoms. The summed E-state index contributed by atoms with van der Waals surface area (Å²) in [6, 6.07) is 0. The Morgan fingerprint density at radius 3 is 0.844 bits per heavy atom. The molecular formula is C71H116O6. The van der Waals surface area contributed by atoms with Crippen molar-refractivity contribution < 1.29 is 28.6 Å². The minimum Gasteiger partial charge on any atom is -0.462 e. The normalized spacial score (nSPS) is 13.0. The van der Waals surface area contributed by atoms with Gasteiger partial charge >= 0.3 is 17.9 Å². The number of rotatable bonds is 56. The molecule has 0 bridgehead atoms. The minimum absolute atomic E-state index is 0.107. The second-order valence-corrected chi connectivity index (χ2v) is 20.6. The number of hydrogen-bond donors (Lipinski definition) is 0. The first-order valence-corrected chi connectivity index (χ1v) is 31.7. The van der Waals surface area contributed by atoms with E-state index >= 15 is 0 Å². The van der Waals surface area contributed by atoms with Crippen molar-refractivity contribution in [2.75, 3.05) is 13.2 Å². The van der Waals surface area contributed by atoms with Crippen molar-refractivity contribution in [2.45, 2.75) is 284 Å². The van der Waals surface area contributed by atoms with E-state index < -0.39 is 6.10 Å². The van der Waals surface area contributed by atoms with Crippen LogP contribution in [-0.2, 0) is 28.6 Å². The Hall–Kier alpha value is -4.45. The quantitative estimate of drug-likeness (QED) is 0.0261. The minimum atomic E-state index is -0.816. The standard InChI is InChI=1S/C71H116O6/c1-4-7-10-13-16-19-22-25-28-31-34-35-36-37-38-41-43-46-49-52-55-58-61-64-70(73)76-67-68(77-71(74)65-62-59-56-53-50-47-44-40-33-30-27-24-21-18-15-12-9-6-3)66-75-69(72)63-60-57-54-51-48-45-42-39-32-29-26-23-20-17-14-11-8-5-2/h7,10,16,19-21,23-25,28-30,32-35,37-38,43,46,52,55,68H,4-6,8-9,11-15,17-18,22,26-27,31,36,39-42,44-45,47-51,53-54,56-67H2,1-3H3/b10-7-,19-16-,23-20-,24-21-,28-25-,32-29-,33-30-,35-34-,38-37-,46-43-,55-52-. The van der Waals surface area contributed by atoms with Crippen LogP contribution in [0.4, 0.5) is 0 Å². The molecule has 0 aromatic heterocycles. The summed E-state index contributed by atoms with van der Waals surface area (Å²) in [5.74, 6) is -0.982. The van der Waals surface area contributed by atoms with Crippen LogP contribution in [0.25, 0.3) is 0 Å². The first-order chi connectivity index (χ1) is 38.0. The first kappa shape index (κ1) is 72.5. The van der Waals surface area contributed by atoms with E-state index in [0.29, 0.717) is 19.3 Å². The Morgan fingerprint density at radius 1 is 0.273 bits per heavy atom. The molecule has 0 aromatic rings. The van der Waals surface area contributed by atoms with Crippen molar-refractivity contribution >= 4 is 17.9 Å². The maximum absolute atomic E-state index is 12.9. The van der Waals surface area contributed by atoms with E-state index in [-0.39, 0.29) is 37.5 Å². The highest BCUT2D eigenvalue weighted by molar-refractivity contribution is 5.71. The van der Waals surface area contributed by atoms with Crippen molar-refractivity contribution in [3.8, 4) is 0 Å². The Labute approximate surface area is 475 Å². The zero-order valence-corrected chi connectivity index (χ0v) is 49.9. The van der Waals surface area contributed by atoms with Gasteiger partial charge < -0.3 is 14.2 Å². The molecule has 0 aromatic carbocycles. The van der Waals surface area contributed by atoms with Gasteiger partial charge in [0.15, 0.2) is 6.10 Å². The van der Waals surface area contributed by atoms with Gasteiger partial charge in [-0.25, -0.2) is 0 Å². The van der Waals surface area contributed by atoms with Gasteiger partial charge in [0, 0.05) is 19.3 Å². The number of carbonyl (C=O) groups is 3. The molecule has 6 nitrogen and oxygen atoms in total. The van der Waals surface area contributed by atoms with Gasteiger partial charge in [0.25, 0.3) is 0 Å². The summed E-state index contributed by atoms with van der Waals surface area (Å²) in [5.41, 5.74) is 0. The third kappa shape index (κ3) is 62.3. The van der Waals surface area contributed by atoms with Crippen LogP contribution >= 0.6 is 0 Å². The molecule has 0 aliphatic heterocycles. The largest absolute Gasteiger partial charge is 0.462 e. The molecule has 1 atom stereocenters. The highest BCUT2D eigenvalue weighted by Crippen LogP contribution is 2.14. The molecule has 0 saturated heterocycles. The second kappa shape index (κ2) is 64.1. The Kier molecular flexibility index (Phi) is 60.4. The molecule has 6 heteroatoms. The molecule has 0 saturated carbocycles.